The summed E-state index contributed by atoms with van der Waals surface area (Å²) in [4.78, 5) is 5.30. The second-order valence-corrected chi connectivity index (χ2v) is 9.29. The van der Waals surface area contributed by atoms with E-state index in [1.165, 1.54) is 4.90 Å². The van der Waals surface area contributed by atoms with E-state index in [9.17, 15) is 0 Å². The topological polar surface area (TPSA) is 17.8 Å². The maximum atomic E-state index is 6.30. The molecule has 1 atom stereocenters. The zero-order valence-electron chi connectivity index (χ0n) is 13.1. The Morgan fingerprint density at radius 3 is 2.36 bits per heavy atom. The number of rotatable bonds is 7. The predicted molar refractivity (Wildman–Crippen MR) is 111 cm³/mol. The fraction of sp³-hybridized carbons (Fsp3) is 0.167. The number of imidazole rings is 1. The van der Waals surface area contributed by atoms with Gasteiger partial charge in [0.05, 0.1) is 10.9 Å². The lowest BCUT2D eigenvalue weighted by atomic mass is 10.2. The maximum Gasteiger partial charge on any atom is 0.0946 e. The fourth-order valence-electron chi connectivity index (χ4n) is 2.20. The van der Waals surface area contributed by atoms with Crippen LogP contribution in [0, 0.1) is 0 Å². The molecule has 0 saturated heterocycles. The Kier molecular flexibility index (Phi) is 7.02. The van der Waals surface area contributed by atoms with Crippen LogP contribution in [0.4, 0.5) is 0 Å². The first-order valence-corrected chi connectivity index (χ1v) is 10.6. The highest BCUT2D eigenvalue weighted by molar-refractivity contribution is 8.16. The summed E-state index contributed by atoms with van der Waals surface area (Å²) in [5.41, 5.74) is 0.975. The molecule has 25 heavy (non-hydrogen) atoms. The predicted octanol–water partition coefficient (Wildman–Crippen LogP) is 6.90. The summed E-state index contributed by atoms with van der Waals surface area (Å²) in [6.07, 6.45) is 5.59. The van der Waals surface area contributed by atoms with Crippen molar-refractivity contribution < 1.29 is 0 Å². The Labute approximate surface area is 170 Å². The van der Waals surface area contributed by atoms with E-state index in [2.05, 4.69) is 9.55 Å². The molecule has 0 saturated carbocycles. The third-order valence-electron chi connectivity index (χ3n) is 3.48. The van der Waals surface area contributed by atoms with Crippen LogP contribution in [0.2, 0.25) is 15.1 Å². The second kappa shape index (κ2) is 9.24. The van der Waals surface area contributed by atoms with Crippen molar-refractivity contribution in [2.24, 2.45) is 0 Å². The first-order valence-electron chi connectivity index (χ1n) is 7.54. The van der Waals surface area contributed by atoms with Gasteiger partial charge in [0.15, 0.2) is 0 Å². The highest BCUT2D eigenvalue weighted by atomic mass is 35.5. The molecule has 1 heterocycles. The summed E-state index contributed by atoms with van der Waals surface area (Å²) in [6, 6.07) is 13.5. The molecule has 0 bridgehead atoms. The number of hydrogen-bond donors (Lipinski definition) is 0. The van der Waals surface area contributed by atoms with Gasteiger partial charge in [0.1, 0.15) is 0 Å². The Morgan fingerprint density at radius 2 is 1.72 bits per heavy atom. The van der Waals surface area contributed by atoms with Crippen molar-refractivity contribution >= 4 is 58.3 Å². The van der Waals surface area contributed by atoms with Gasteiger partial charge < -0.3 is 4.57 Å². The molecular formula is C18H15Cl3N2S2. The normalized spacial score (nSPS) is 12.3. The van der Waals surface area contributed by atoms with Gasteiger partial charge in [-0.25, -0.2) is 4.98 Å². The molecule has 0 aliphatic rings. The van der Waals surface area contributed by atoms with Crippen LogP contribution >= 0.6 is 58.3 Å². The number of benzene rings is 2. The molecule has 3 aromatic rings. The smallest absolute Gasteiger partial charge is 0.0946 e. The number of thioether (sulfide) groups is 2. The van der Waals surface area contributed by atoms with E-state index < -0.39 is 0 Å². The highest BCUT2D eigenvalue weighted by Crippen LogP contribution is 2.37. The molecule has 2 nitrogen and oxygen atoms in total. The minimum Gasteiger partial charge on any atom is -0.336 e. The van der Waals surface area contributed by atoms with Gasteiger partial charge in [0, 0.05) is 44.7 Å². The average Bonchev–Trinajstić information content (AvgIpc) is 3.09. The summed E-state index contributed by atoms with van der Waals surface area (Å²) in [7, 11) is 0. The largest absolute Gasteiger partial charge is 0.336 e. The van der Waals surface area contributed by atoms with E-state index in [0.29, 0.717) is 10.0 Å². The van der Waals surface area contributed by atoms with Crippen LogP contribution in [0.3, 0.4) is 0 Å². The van der Waals surface area contributed by atoms with E-state index in [1.807, 2.05) is 66.8 Å². The van der Waals surface area contributed by atoms with Crippen LogP contribution in [0.5, 0.6) is 0 Å². The second-order valence-electron chi connectivity index (χ2n) is 5.27. The lowest BCUT2D eigenvalue weighted by Gasteiger charge is -2.18. The summed E-state index contributed by atoms with van der Waals surface area (Å²) >= 11 is 22.2. The summed E-state index contributed by atoms with van der Waals surface area (Å²) in [6.45, 7) is 0.833. The number of aromatic nitrogens is 2. The van der Waals surface area contributed by atoms with E-state index in [-0.39, 0.29) is 4.58 Å². The molecule has 3 rings (SSSR count). The summed E-state index contributed by atoms with van der Waals surface area (Å²) in [5, 5.41) is 2.15. The maximum absolute atomic E-state index is 6.30. The molecule has 1 aromatic heterocycles. The Balaban J connectivity index is 1.72. The average molecular weight is 430 g/mol. The zero-order chi connectivity index (χ0) is 17.6. The lowest BCUT2D eigenvalue weighted by molar-refractivity contribution is 0.750. The standard InChI is InChI=1S/C18H15Cl3N2S2/c19-13-4-6-14(7-5-13)25-18(10-23-9-8-22-12-23)24-11-15-16(20)2-1-3-17(15)21/h1-9,12,18H,10-11H2. The van der Waals surface area contributed by atoms with Gasteiger partial charge in [-0.05, 0) is 42.0 Å². The molecule has 130 valence electrons. The van der Waals surface area contributed by atoms with Crippen molar-refractivity contribution in [3.8, 4) is 0 Å². The third kappa shape index (κ3) is 5.60. The number of halogens is 3. The Hall–Kier alpha value is -0.780. The summed E-state index contributed by atoms with van der Waals surface area (Å²) < 4.78 is 2.36. The quantitative estimate of drug-likeness (QED) is 0.300. The van der Waals surface area contributed by atoms with Gasteiger partial charge in [0.25, 0.3) is 0 Å². The van der Waals surface area contributed by atoms with Crippen LogP contribution < -0.4 is 0 Å². The molecule has 0 radical (unpaired) electrons. The van der Waals surface area contributed by atoms with Crippen molar-refractivity contribution in [3.63, 3.8) is 0 Å². The molecule has 0 spiro atoms. The fourth-order valence-corrected chi connectivity index (χ4v) is 5.61. The minimum atomic E-state index is 0.280. The van der Waals surface area contributed by atoms with Crippen LogP contribution in [0.15, 0.2) is 66.1 Å². The molecule has 0 fully saturated rings. The van der Waals surface area contributed by atoms with E-state index in [0.717, 1.165) is 22.9 Å². The zero-order valence-corrected chi connectivity index (χ0v) is 17.0. The van der Waals surface area contributed by atoms with Crippen molar-refractivity contribution in [2.75, 3.05) is 0 Å². The van der Waals surface area contributed by atoms with Gasteiger partial charge >= 0.3 is 0 Å². The first kappa shape index (κ1) is 19.0. The van der Waals surface area contributed by atoms with Gasteiger partial charge in [-0.1, -0.05) is 40.9 Å². The van der Waals surface area contributed by atoms with Gasteiger partial charge in [0.2, 0.25) is 0 Å². The first-order chi connectivity index (χ1) is 12.1. The third-order valence-corrected chi connectivity index (χ3v) is 7.07. The molecule has 0 amide bonds. The monoisotopic (exact) mass is 428 g/mol. The van der Waals surface area contributed by atoms with Crippen LogP contribution in [-0.4, -0.2) is 14.1 Å². The Bertz CT molecular complexity index is 787. The van der Waals surface area contributed by atoms with Crippen molar-refractivity contribution in [3.05, 3.63) is 81.8 Å². The van der Waals surface area contributed by atoms with Crippen LogP contribution in [-0.2, 0) is 12.3 Å². The molecule has 1 unspecified atom stereocenters. The lowest BCUT2D eigenvalue weighted by Crippen LogP contribution is -2.08. The number of hydrogen-bond acceptors (Lipinski definition) is 3. The van der Waals surface area contributed by atoms with Gasteiger partial charge in [-0.3, -0.25) is 0 Å². The highest BCUT2D eigenvalue weighted by Gasteiger charge is 2.15. The van der Waals surface area contributed by atoms with E-state index in [4.69, 9.17) is 34.8 Å². The Morgan fingerprint density at radius 1 is 1.00 bits per heavy atom. The van der Waals surface area contributed by atoms with Crippen LogP contribution in [0.1, 0.15) is 5.56 Å². The molecular weight excluding hydrogens is 415 g/mol. The van der Waals surface area contributed by atoms with Crippen molar-refractivity contribution in [2.45, 2.75) is 21.8 Å². The number of nitrogens with zero attached hydrogens (tertiary/aromatic N) is 2. The summed E-state index contributed by atoms with van der Waals surface area (Å²) in [5.74, 6) is 0.748. The molecule has 0 aliphatic heterocycles. The van der Waals surface area contributed by atoms with E-state index in [1.54, 1.807) is 18.0 Å². The SMILES string of the molecule is Clc1ccc(SC(Cn2ccnc2)SCc2c(Cl)cccc2Cl)cc1. The van der Waals surface area contributed by atoms with Crippen molar-refractivity contribution in [1.29, 1.82) is 0 Å². The molecule has 0 aliphatic carbocycles. The van der Waals surface area contributed by atoms with E-state index >= 15 is 0 Å². The van der Waals surface area contributed by atoms with Gasteiger partial charge in [-0.2, -0.15) is 0 Å². The van der Waals surface area contributed by atoms with Crippen LogP contribution in [0.25, 0.3) is 0 Å². The van der Waals surface area contributed by atoms with Gasteiger partial charge in [-0.15, -0.1) is 23.5 Å². The minimum absolute atomic E-state index is 0.280. The molecule has 0 N–H and O–H groups in total. The molecule has 2 aromatic carbocycles. The molecule has 7 heteroatoms. The van der Waals surface area contributed by atoms with Crippen molar-refractivity contribution in [1.82, 2.24) is 9.55 Å².